The minimum atomic E-state index is -1.08. The SMILES string of the molecule is Cc1cccc(C#N)c1Oc1cc(Br)ccc1C(=O)O. The molecule has 0 aliphatic heterocycles. The number of aryl methyl sites for hydroxylation is 1. The molecule has 0 unspecified atom stereocenters. The number of ether oxygens (including phenoxy) is 1. The lowest BCUT2D eigenvalue weighted by Crippen LogP contribution is -2.01. The molecule has 0 atom stereocenters. The van der Waals surface area contributed by atoms with Crippen molar-refractivity contribution in [2.75, 3.05) is 0 Å². The van der Waals surface area contributed by atoms with Crippen molar-refractivity contribution in [3.05, 3.63) is 57.6 Å². The van der Waals surface area contributed by atoms with Gasteiger partial charge in [-0.05, 0) is 36.8 Å². The lowest BCUT2D eigenvalue weighted by atomic mass is 10.1. The van der Waals surface area contributed by atoms with Crippen LogP contribution in [0.1, 0.15) is 21.5 Å². The molecule has 0 heterocycles. The van der Waals surface area contributed by atoms with Crippen LogP contribution in [0.15, 0.2) is 40.9 Å². The van der Waals surface area contributed by atoms with Gasteiger partial charge in [0.15, 0.2) is 0 Å². The highest BCUT2D eigenvalue weighted by Crippen LogP contribution is 2.32. The van der Waals surface area contributed by atoms with E-state index < -0.39 is 5.97 Å². The van der Waals surface area contributed by atoms with E-state index in [-0.39, 0.29) is 11.3 Å². The number of carboxylic acids is 1. The molecule has 0 aliphatic carbocycles. The van der Waals surface area contributed by atoms with Crippen LogP contribution in [0.25, 0.3) is 0 Å². The monoisotopic (exact) mass is 331 g/mol. The Bertz CT molecular complexity index is 720. The van der Waals surface area contributed by atoms with Crippen LogP contribution in [0.4, 0.5) is 0 Å². The topological polar surface area (TPSA) is 70.3 Å². The molecule has 2 rings (SSSR count). The molecule has 20 heavy (non-hydrogen) atoms. The summed E-state index contributed by atoms with van der Waals surface area (Å²) in [5.74, 6) is -0.520. The van der Waals surface area contributed by atoms with Gasteiger partial charge in [-0.15, -0.1) is 0 Å². The zero-order chi connectivity index (χ0) is 14.7. The molecule has 0 bridgehead atoms. The van der Waals surface area contributed by atoms with Gasteiger partial charge in [0, 0.05) is 4.47 Å². The van der Waals surface area contributed by atoms with Gasteiger partial charge < -0.3 is 9.84 Å². The molecule has 0 spiro atoms. The quantitative estimate of drug-likeness (QED) is 0.918. The smallest absolute Gasteiger partial charge is 0.339 e. The van der Waals surface area contributed by atoms with Crippen molar-refractivity contribution in [1.29, 1.82) is 5.26 Å². The van der Waals surface area contributed by atoms with Crippen molar-refractivity contribution >= 4 is 21.9 Å². The molecule has 100 valence electrons. The van der Waals surface area contributed by atoms with Gasteiger partial charge in [-0.25, -0.2) is 4.79 Å². The van der Waals surface area contributed by atoms with Gasteiger partial charge in [0.1, 0.15) is 23.1 Å². The number of rotatable bonds is 3. The number of para-hydroxylation sites is 1. The molecule has 0 fully saturated rings. The summed E-state index contributed by atoms with van der Waals surface area (Å²) in [4.78, 5) is 11.2. The van der Waals surface area contributed by atoms with Crippen molar-refractivity contribution in [3.8, 4) is 17.6 Å². The summed E-state index contributed by atoms with van der Waals surface area (Å²) in [6.07, 6.45) is 0. The molecule has 5 heteroatoms. The Labute approximate surface area is 124 Å². The van der Waals surface area contributed by atoms with E-state index in [0.717, 1.165) is 5.56 Å². The molecule has 4 nitrogen and oxygen atoms in total. The van der Waals surface area contributed by atoms with E-state index in [0.29, 0.717) is 15.8 Å². The summed E-state index contributed by atoms with van der Waals surface area (Å²) in [6.45, 7) is 1.80. The first-order valence-corrected chi connectivity index (χ1v) is 6.52. The number of benzene rings is 2. The molecular weight excluding hydrogens is 322 g/mol. The van der Waals surface area contributed by atoms with Crippen molar-refractivity contribution in [2.45, 2.75) is 6.92 Å². The Hall–Kier alpha value is -2.32. The van der Waals surface area contributed by atoms with E-state index in [9.17, 15) is 9.90 Å². The van der Waals surface area contributed by atoms with Crippen LogP contribution in [0, 0.1) is 18.3 Å². The van der Waals surface area contributed by atoms with E-state index in [1.807, 2.05) is 6.07 Å². The zero-order valence-corrected chi connectivity index (χ0v) is 12.1. The van der Waals surface area contributed by atoms with Crippen molar-refractivity contribution in [3.63, 3.8) is 0 Å². The van der Waals surface area contributed by atoms with Gasteiger partial charge >= 0.3 is 5.97 Å². The van der Waals surface area contributed by atoms with E-state index in [1.54, 1.807) is 37.3 Å². The Morgan fingerprint density at radius 2 is 2.10 bits per heavy atom. The molecule has 0 saturated carbocycles. The molecule has 0 radical (unpaired) electrons. The molecular formula is C15H10BrNO3. The van der Waals surface area contributed by atoms with Gasteiger partial charge in [0.25, 0.3) is 0 Å². The minimum absolute atomic E-state index is 0.0420. The largest absolute Gasteiger partial charge is 0.478 e. The second-order valence-corrected chi connectivity index (χ2v) is 5.03. The Morgan fingerprint density at radius 1 is 1.35 bits per heavy atom. The van der Waals surface area contributed by atoms with Crippen LogP contribution in [0.5, 0.6) is 11.5 Å². The summed E-state index contributed by atoms with van der Waals surface area (Å²) >= 11 is 3.27. The van der Waals surface area contributed by atoms with Gasteiger partial charge in [0.05, 0.1) is 5.56 Å². The first-order valence-electron chi connectivity index (χ1n) is 5.73. The number of nitriles is 1. The van der Waals surface area contributed by atoms with Crippen molar-refractivity contribution < 1.29 is 14.6 Å². The highest BCUT2D eigenvalue weighted by Gasteiger charge is 2.15. The van der Waals surface area contributed by atoms with Crippen LogP contribution < -0.4 is 4.74 Å². The van der Waals surface area contributed by atoms with Crippen molar-refractivity contribution in [2.24, 2.45) is 0 Å². The van der Waals surface area contributed by atoms with E-state index in [4.69, 9.17) is 10.00 Å². The minimum Gasteiger partial charge on any atom is -0.478 e. The molecule has 0 aromatic heterocycles. The van der Waals surface area contributed by atoms with Crippen LogP contribution in [0.3, 0.4) is 0 Å². The Morgan fingerprint density at radius 3 is 2.75 bits per heavy atom. The van der Waals surface area contributed by atoms with E-state index >= 15 is 0 Å². The second-order valence-electron chi connectivity index (χ2n) is 4.11. The lowest BCUT2D eigenvalue weighted by molar-refractivity contribution is 0.0694. The Kier molecular flexibility index (Phi) is 4.06. The predicted octanol–water partition coefficient (Wildman–Crippen LogP) is 4.12. The predicted molar refractivity (Wildman–Crippen MR) is 77.1 cm³/mol. The van der Waals surface area contributed by atoms with Gasteiger partial charge in [-0.2, -0.15) is 5.26 Å². The number of halogens is 1. The standard InChI is InChI=1S/C15H10BrNO3/c1-9-3-2-4-10(8-17)14(9)20-13-7-11(16)5-6-12(13)15(18)19/h2-7H,1H3,(H,18,19). The highest BCUT2D eigenvalue weighted by atomic mass is 79.9. The van der Waals surface area contributed by atoms with E-state index in [1.165, 1.54) is 6.07 Å². The summed E-state index contributed by atoms with van der Waals surface area (Å²) in [7, 11) is 0. The fourth-order valence-corrected chi connectivity index (χ4v) is 2.08. The maximum absolute atomic E-state index is 11.2. The molecule has 0 aliphatic rings. The number of hydrogen-bond acceptors (Lipinski definition) is 3. The number of nitrogens with zero attached hydrogens (tertiary/aromatic N) is 1. The summed E-state index contributed by atoms with van der Waals surface area (Å²) in [5.41, 5.74) is 1.17. The van der Waals surface area contributed by atoms with E-state index in [2.05, 4.69) is 15.9 Å². The number of carbonyl (C=O) groups is 1. The average molecular weight is 332 g/mol. The third kappa shape index (κ3) is 2.81. The number of hydrogen-bond donors (Lipinski definition) is 1. The molecule has 2 aromatic carbocycles. The Balaban J connectivity index is 2.53. The summed E-state index contributed by atoms with van der Waals surface area (Å²) in [6, 6.07) is 11.9. The number of aromatic carboxylic acids is 1. The maximum Gasteiger partial charge on any atom is 0.339 e. The third-order valence-electron chi connectivity index (χ3n) is 2.72. The van der Waals surface area contributed by atoms with Gasteiger partial charge in [0.2, 0.25) is 0 Å². The van der Waals surface area contributed by atoms with Crippen LogP contribution in [0.2, 0.25) is 0 Å². The van der Waals surface area contributed by atoms with Gasteiger partial charge in [-0.3, -0.25) is 0 Å². The fraction of sp³-hybridized carbons (Fsp3) is 0.0667. The van der Waals surface area contributed by atoms with Crippen molar-refractivity contribution in [1.82, 2.24) is 0 Å². The lowest BCUT2D eigenvalue weighted by Gasteiger charge is -2.12. The maximum atomic E-state index is 11.2. The molecule has 0 amide bonds. The van der Waals surface area contributed by atoms with Crippen LogP contribution in [-0.2, 0) is 0 Å². The first-order chi connectivity index (χ1) is 9.52. The average Bonchev–Trinajstić information content (AvgIpc) is 2.40. The molecule has 2 aromatic rings. The number of carboxylic acid groups (broad SMARTS) is 1. The van der Waals surface area contributed by atoms with Gasteiger partial charge in [-0.1, -0.05) is 28.1 Å². The fourth-order valence-electron chi connectivity index (χ4n) is 1.74. The summed E-state index contributed by atoms with van der Waals surface area (Å²) in [5, 5.41) is 18.3. The molecule has 0 saturated heterocycles. The first kappa shape index (κ1) is 14.1. The highest BCUT2D eigenvalue weighted by molar-refractivity contribution is 9.10. The second kappa shape index (κ2) is 5.76. The summed E-state index contributed by atoms with van der Waals surface area (Å²) < 4.78 is 6.37. The van der Waals surface area contributed by atoms with Crippen LogP contribution in [-0.4, -0.2) is 11.1 Å². The third-order valence-corrected chi connectivity index (χ3v) is 3.21. The zero-order valence-electron chi connectivity index (χ0n) is 10.6. The van der Waals surface area contributed by atoms with Crippen LogP contribution >= 0.6 is 15.9 Å². The molecule has 1 N–H and O–H groups in total. The normalized spacial score (nSPS) is 9.85.